The highest BCUT2D eigenvalue weighted by molar-refractivity contribution is 7.89. The molecule has 0 radical (unpaired) electrons. The molecule has 8 heteroatoms. The zero-order valence-corrected chi connectivity index (χ0v) is 12.4. The topological polar surface area (TPSA) is 86.9 Å². The van der Waals surface area contributed by atoms with Gasteiger partial charge in [-0.1, -0.05) is 13.0 Å². The van der Waals surface area contributed by atoms with Crippen LogP contribution in [0.5, 0.6) is 0 Å². The standard InChI is InChI=1S/C13H17FN4O2S/c1-2-15-9-11-3-4-12(14)5-13(11)21(19,20)18-8-10-6-16-17-7-10/h3-7,15,18H,2,8-9H2,1H3,(H,16,17). The zero-order valence-electron chi connectivity index (χ0n) is 11.6. The Morgan fingerprint density at radius 2 is 2.14 bits per heavy atom. The monoisotopic (exact) mass is 312 g/mol. The molecule has 0 aliphatic heterocycles. The third-order valence-electron chi connectivity index (χ3n) is 2.91. The van der Waals surface area contributed by atoms with Crippen molar-refractivity contribution in [1.29, 1.82) is 0 Å². The summed E-state index contributed by atoms with van der Waals surface area (Å²) in [6.07, 6.45) is 3.11. The number of aromatic amines is 1. The molecule has 0 saturated heterocycles. The molecule has 0 aliphatic rings. The normalized spacial score (nSPS) is 11.7. The maximum Gasteiger partial charge on any atom is 0.241 e. The molecular formula is C13H17FN4O2S. The molecule has 6 nitrogen and oxygen atoms in total. The fourth-order valence-corrected chi connectivity index (χ4v) is 3.08. The number of aromatic nitrogens is 2. The molecule has 0 atom stereocenters. The van der Waals surface area contributed by atoms with Crippen molar-refractivity contribution >= 4 is 10.0 Å². The zero-order chi connectivity index (χ0) is 15.3. The third kappa shape index (κ3) is 4.10. The number of nitrogens with one attached hydrogen (secondary N) is 3. The second kappa shape index (κ2) is 6.79. The number of rotatable bonds is 7. The molecule has 21 heavy (non-hydrogen) atoms. The highest BCUT2D eigenvalue weighted by Crippen LogP contribution is 2.17. The van der Waals surface area contributed by atoms with Gasteiger partial charge in [0.05, 0.1) is 11.1 Å². The van der Waals surface area contributed by atoms with E-state index in [4.69, 9.17) is 0 Å². The van der Waals surface area contributed by atoms with Gasteiger partial charge in [-0.15, -0.1) is 0 Å². The van der Waals surface area contributed by atoms with Crippen molar-refractivity contribution in [3.05, 3.63) is 47.5 Å². The molecule has 0 fully saturated rings. The Morgan fingerprint density at radius 3 is 2.81 bits per heavy atom. The Hall–Kier alpha value is -1.77. The minimum atomic E-state index is -3.79. The Balaban J connectivity index is 2.23. The highest BCUT2D eigenvalue weighted by atomic mass is 32.2. The van der Waals surface area contributed by atoms with Gasteiger partial charge in [-0.2, -0.15) is 5.10 Å². The predicted molar refractivity (Wildman–Crippen MR) is 76.4 cm³/mol. The van der Waals surface area contributed by atoms with Gasteiger partial charge >= 0.3 is 0 Å². The van der Waals surface area contributed by atoms with E-state index in [-0.39, 0.29) is 11.4 Å². The molecule has 0 saturated carbocycles. The van der Waals surface area contributed by atoms with E-state index in [1.54, 1.807) is 6.20 Å². The molecular weight excluding hydrogens is 295 g/mol. The van der Waals surface area contributed by atoms with Gasteiger partial charge in [0, 0.05) is 24.8 Å². The van der Waals surface area contributed by atoms with Crippen LogP contribution in [0.3, 0.4) is 0 Å². The second-order valence-corrected chi connectivity index (χ2v) is 6.20. The van der Waals surface area contributed by atoms with E-state index in [0.717, 1.165) is 6.07 Å². The lowest BCUT2D eigenvalue weighted by atomic mass is 10.2. The van der Waals surface area contributed by atoms with Crippen molar-refractivity contribution in [2.24, 2.45) is 0 Å². The molecule has 114 valence electrons. The Kier molecular flexibility index (Phi) is 5.05. The fourth-order valence-electron chi connectivity index (χ4n) is 1.81. The lowest BCUT2D eigenvalue weighted by molar-refractivity contribution is 0.573. The summed E-state index contributed by atoms with van der Waals surface area (Å²) in [6.45, 7) is 3.06. The van der Waals surface area contributed by atoms with E-state index in [2.05, 4.69) is 20.2 Å². The first kappa shape index (κ1) is 15.6. The Morgan fingerprint density at radius 1 is 1.33 bits per heavy atom. The average Bonchev–Trinajstić information content (AvgIpc) is 2.97. The van der Waals surface area contributed by atoms with Crippen LogP contribution in [0.15, 0.2) is 35.5 Å². The summed E-state index contributed by atoms with van der Waals surface area (Å²) in [5.74, 6) is -0.584. The van der Waals surface area contributed by atoms with Crippen LogP contribution >= 0.6 is 0 Å². The predicted octanol–water partition coefficient (Wildman–Crippen LogP) is 1.14. The van der Waals surface area contributed by atoms with Gasteiger partial charge in [0.1, 0.15) is 5.82 Å². The average molecular weight is 312 g/mol. The van der Waals surface area contributed by atoms with Crippen LogP contribution in [0.4, 0.5) is 4.39 Å². The summed E-state index contributed by atoms with van der Waals surface area (Å²) in [4.78, 5) is -0.0491. The summed E-state index contributed by atoms with van der Waals surface area (Å²) in [7, 11) is -3.79. The lowest BCUT2D eigenvalue weighted by Crippen LogP contribution is -2.25. The van der Waals surface area contributed by atoms with Crippen LogP contribution in [0, 0.1) is 5.82 Å². The number of benzene rings is 1. The third-order valence-corrected chi connectivity index (χ3v) is 4.39. The molecule has 1 aromatic carbocycles. The van der Waals surface area contributed by atoms with E-state index in [9.17, 15) is 12.8 Å². The molecule has 0 aliphatic carbocycles. The summed E-state index contributed by atoms with van der Waals surface area (Å²) in [6, 6.07) is 3.76. The maximum atomic E-state index is 13.4. The van der Waals surface area contributed by atoms with Gasteiger partial charge < -0.3 is 5.32 Å². The van der Waals surface area contributed by atoms with Crippen LogP contribution in [0.25, 0.3) is 0 Å². The Labute approximate surface area is 122 Å². The Bertz CT molecular complexity index is 686. The number of hydrogen-bond donors (Lipinski definition) is 3. The molecule has 0 spiro atoms. The molecule has 0 unspecified atom stereocenters. The van der Waals surface area contributed by atoms with Gasteiger partial charge in [0.15, 0.2) is 0 Å². The lowest BCUT2D eigenvalue weighted by Gasteiger charge is -2.11. The summed E-state index contributed by atoms with van der Waals surface area (Å²) in [5.41, 5.74) is 1.22. The van der Waals surface area contributed by atoms with E-state index >= 15 is 0 Å². The van der Waals surface area contributed by atoms with Gasteiger partial charge in [0.2, 0.25) is 10.0 Å². The fraction of sp³-hybridized carbons (Fsp3) is 0.308. The minimum absolute atomic E-state index is 0.0491. The first-order valence-electron chi connectivity index (χ1n) is 6.49. The van der Waals surface area contributed by atoms with E-state index < -0.39 is 15.8 Å². The van der Waals surface area contributed by atoms with Crippen molar-refractivity contribution in [2.45, 2.75) is 24.9 Å². The van der Waals surface area contributed by atoms with Crippen LogP contribution in [-0.4, -0.2) is 25.2 Å². The van der Waals surface area contributed by atoms with Crippen LogP contribution in [-0.2, 0) is 23.1 Å². The van der Waals surface area contributed by atoms with Gasteiger partial charge in [-0.05, 0) is 24.2 Å². The van der Waals surface area contributed by atoms with Gasteiger partial charge in [-0.25, -0.2) is 17.5 Å². The number of H-pyrrole nitrogens is 1. The largest absolute Gasteiger partial charge is 0.313 e. The summed E-state index contributed by atoms with van der Waals surface area (Å²) >= 11 is 0. The number of hydrogen-bond acceptors (Lipinski definition) is 4. The van der Waals surface area contributed by atoms with Crippen LogP contribution in [0.2, 0.25) is 0 Å². The van der Waals surface area contributed by atoms with Crippen molar-refractivity contribution in [2.75, 3.05) is 6.54 Å². The first-order valence-corrected chi connectivity index (χ1v) is 7.97. The quantitative estimate of drug-likeness (QED) is 0.715. The molecule has 1 aromatic heterocycles. The molecule has 2 aromatic rings. The molecule has 0 bridgehead atoms. The van der Waals surface area contributed by atoms with Gasteiger partial charge in [0.25, 0.3) is 0 Å². The van der Waals surface area contributed by atoms with Crippen molar-refractivity contribution in [1.82, 2.24) is 20.2 Å². The molecule has 0 amide bonds. The number of nitrogens with zero attached hydrogens (tertiary/aromatic N) is 1. The van der Waals surface area contributed by atoms with E-state index in [1.165, 1.54) is 18.3 Å². The molecule has 1 heterocycles. The van der Waals surface area contributed by atoms with E-state index in [1.807, 2.05) is 6.92 Å². The minimum Gasteiger partial charge on any atom is -0.313 e. The van der Waals surface area contributed by atoms with Crippen molar-refractivity contribution in [3.63, 3.8) is 0 Å². The van der Waals surface area contributed by atoms with Crippen molar-refractivity contribution in [3.8, 4) is 0 Å². The van der Waals surface area contributed by atoms with Crippen molar-refractivity contribution < 1.29 is 12.8 Å². The number of halogens is 1. The molecule has 2 rings (SSSR count). The van der Waals surface area contributed by atoms with E-state index in [0.29, 0.717) is 24.2 Å². The maximum absolute atomic E-state index is 13.4. The number of sulfonamides is 1. The summed E-state index contributed by atoms with van der Waals surface area (Å²) in [5, 5.41) is 9.37. The van der Waals surface area contributed by atoms with Gasteiger partial charge in [-0.3, -0.25) is 5.10 Å². The SMILES string of the molecule is CCNCc1ccc(F)cc1S(=O)(=O)NCc1cn[nH]c1. The smallest absolute Gasteiger partial charge is 0.241 e. The second-order valence-electron chi connectivity index (χ2n) is 4.46. The van der Waals surface area contributed by atoms with Crippen LogP contribution in [0.1, 0.15) is 18.1 Å². The summed E-state index contributed by atoms with van der Waals surface area (Å²) < 4.78 is 40.5. The van der Waals surface area contributed by atoms with Crippen LogP contribution < -0.4 is 10.0 Å². The first-order chi connectivity index (χ1) is 10.0. The highest BCUT2D eigenvalue weighted by Gasteiger charge is 2.19. The molecule has 3 N–H and O–H groups in total.